The van der Waals surface area contributed by atoms with E-state index in [4.69, 9.17) is 39.5 Å². The lowest BCUT2D eigenvalue weighted by molar-refractivity contribution is -0.142. The van der Waals surface area contributed by atoms with Crippen molar-refractivity contribution in [2.75, 3.05) is 11.9 Å². The first-order chi connectivity index (χ1) is 11.9. The Bertz CT molecular complexity index is 834. The van der Waals surface area contributed by atoms with E-state index in [0.29, 0.717) is 26.3 Å². The van der Waals surface area contributed by atoms with Gasteiger partial charge in [0.2, 0.25) is 0 Å². The Kier molecular flexibility index (Phi) is 6.88. The van der Waals surface area contributed by atoms with E-state index in [0.717, 1.165) is 5.56 Å². The summed E-state index contributed by atoms with van der Waals surface area (Å²) in [6, 6.07) is 10.0. The van der Waals surface area contributed by atoms with Crippen LogP contribution in [0.25, 0.3) is 6.08 Å². The van der Waals surface area contributed by atoms with Crippen LogP contribution >= 0.6 is 34.8 Å². The Morgan fingerprint density at radius 3 is 2.60 bits per heavy atom. The molecule has 0 unspecified atom stereocenters. The molecule has 2 rings (SSSR count). The van der Waals surface area contributed by atoms with Crippen molar-refractivity contribution in [2.24, 2.45) is 0 Å². The van der Waals surface area contributed by atoms with Gasteiger partial charge in [-0.15, -0.1) is 0 Å². The summed E-state index contributed by atoms with van der Waals surface area (Å²) in [6.07, 6.45) is 2.67. The SMILES string of the molecule is Cc1c(Cl)cccc1NC(=O)COC(=O)/C=C/c1ccc(Cl)cc1Cl. The third-order valence-corrected chi connectivity index (χ3v) is 4.22. The lowest BCUT2D eigenvalue weighted by Gasteiger charge is -2.09. The van der Waals surface area contributed by atoms with Crippen LogP contribution in [-0.2, 0) is 14.3 Å². The number of carbonyl (C=O) groups is 2. The first kappa shape index (κ1) is 19.3. The highest BCUT2D eigenvalue weighted by atomic mass is 35.5. The summed E-state index contributed by atoms with van der Waals surface area (Å²) in [5.41, 5.74) is 1.92. The number of ether oxygens (including phenoxy) is 1. The van der Waals surface area contributed by atoms with Gasteiger partial charge in [0.15, 0.2) is 6.61 Å². The van der Waals surface area contributed by atoms with Gasteiger partial charge in [-0.25, -0.2) is 4.79 Å². The van der Waals surface area contributed by atoms with Crippen LogP contribution in [0.1, 0.15) is 11.1 Å². The molecule has 25 heavy (non-hydrogen) atoms. The highest BCUT2D eigenvalue weighted by Gasteiger charge is 2.09. The zero-order chi connectivity index (χ0) is 18.4. The van der Waals surface area contributed by atoms with Gasteiger partial charge >= 0.3 is 5.97 Å². The van der Waals surface area contributed by atoms with Crippen molar-refractivity contribution in [3.63, 3.8) is 0 Å². The van der Waals surface area contributed by atoms with E-state index in [2.05, 4.69) is 5.32 Å². The topological polar surface area (TPSA) is 55.4 Å². The first-order valence-corrected chi connectivity index (χ1v) is 8.35. The second-order valence-corrected chi connectivity index (χ2v) is 6.32. The minimum atomic E-state index is -0.663. The summed E-state index contributed by atoms with van der Waals surface area (Å²) in [5.74, 6) is -1.12. The van der Waals surface area contributed by atoms with Crippen molar-refractivity contribution in [2.45, 2.75) is 6.92 Å². The van der Waals surface area contributed by atoms with Crippen LogP contribution in [0.3, 0.4) is 0 Å². The quantitative estimate of drug-likeness (QED) is 0.560. The highest BCUT2D eigenvalue weighted by molar-refractivity contribution is 6.35. The van der Waals surface area contributed by atoms with Crippen LogP contribution in [0.4, 0.5) is 5.69 Å². The third-order valence-electron chi connectivity index (χ3n) is 3.25. The fraction of sp³-hybridized carbons (Fsp3) is 0.111. The largest absolute Gasteiger partial charge is 0.452 e. The maximum Gasteiger partial charge on any atom is 0.331 e. The van der Waals surface area contributed by atoms with E-state index in [-0.39, 0.29) is 0 Å². The van der Waals surface area contributed by atoms with Crippen LogP contribution in [0, 0.1) is 6.92 Å². The molecule has 1 amide bonds. The summed E-state index contributed by atoms with van der Waals surface area (Å²) >= 11 is 17.8. The van der Waals surface area contributed by atoms with E-state index in [1.807, 2.05) is 0 Å². The number of nitrogens with one attached hydrogen (secondary N) is 1. The van der Waals surface area contributed by atoms with Gasteiger partial charge in [-0.1, -0.05) is 46.9 Å². The molecule has 0 atom stereocenters. The Labute approximate surface area is 160 Å². The Hall–Kier alpha value is -2.01. The van der Waals surface area contributed by atoms with Crippen LogP contribution < -0.4 is 5.32 Å². The van der Waals surface area contributed by atoms with E-state index in [9.17, 15) is 9.59 Å². The van der Waals surface area contributed by atoms with E-state index < -0.39 is 18.5 Å². The molecule has 0 aliphatic rings. The molecular weight excluding hydrogens is 385 g/mol. The maximum atomic E-state index is 11.9. The summed E-state index contributed by atoms with van der Waals surface area (Å²) in [7, 11) is 0. The fourth-order valence-corrected chi connectivity index (χ4v) is 2.55. The molecule has 7 heteroatoms. The number of hydrogen-bond acceptors (Lipinski definition) is 3. The molecular formula is C18H14Cl3NO3. The molecule has 0 bridgehead atoms. The van der Waals surface area contributed by atoms with Gasteiger partial charge in [0.05, 0.1) is 0 Å². The standard InChI is InChI=1S/C18H14Cl3NO3/c1-11-14(20)3-2-4-16(11)22-17(23)10-25-18(24)8-6-12-5-7-13(19)9-15(12)21/h2-9H,10H2,1H3,(H,22,23)/b8-6+. The fourth-order valence-electron chi connectivity index (χ4n) is 1.91. The highest BCUT2D eigenvalue weighted by Crippen LogP contribution is 2.23. The summed E-state index contributed by atoms with van der Waals surface area (Å²) in [5, 5.41) is 4.08. The summed E-state index contributed by atoms with van der Waals surface area (Å²) in [6.45, 7) is 1.37. The van der Waals surface area contributed by atoms with E-state index in [1.165, 1.54) is 12.2 Å². The molecule has 0 aliphatic carbocycles. The van der Waals surface area contributed by atoms with Gasteiger partial charge in [0.1, 0.15) is 0 Å². The van der Waals surface area contributed by atoms with Gasteiger partial charge in [-0.2, -0.15) is 0 Å². The predicted octanol–water partition coefficient (Wildman–Crippen LogP) is 5.15. The summed E-state index contributed by atoms with van der Waals surface area (Å²) < 4.78 is 4.89. The van der Waals surface area contributed by atoms with Crippen molar-refractivity contribution in [3.05, 3.63) is 68.7 Å². The minimum Gasteiger partial charge on any atom is -0.452 e. The van der Waals surface area contributed by atoms with Crippen LogP contribution in [-0.4, -0.2) is 18.5 Å². The molecule has 4 nitrogen and oxygen atoms in total. The predicted molar refractivity (Wildman–Crippen MR) is 101 cm³/mol. The molecule has 0 saturated carbocycles. The monoisotopic (exact) mass is 397 g/mol. The van der Waals surface area contributed by atoms with Gasteiger partial charge in [-0.05, 0) is 48.4 Å². The number of hydrogen-bond donors (Lipinski definition) is 1. The molecule has 1 N–H and O–H groups in total. The van der Waals surface area contributed by atoms with Gasteiger partial charge in [0.25, 0.3) is 5.91 Å². The number of anilines is 1. The molecule has 0 radical (unpaired) electrons. The Balaban J connectivity index is 1.88. The third kappa shape index (κ3) is 5.78. The number of amides is 1. The average Bonchev–Trinajstić information content (AvgIpc) is 2.56. The molecule has 2 aromatic carbocycles. The molecule has 2 aromatic rings. The molecule has 0 fully saturated rings. The Morgan fingerprint density at radius 1 is 1.12 bits per heavy atom. The smallest absolute Gasteiger partial charge is 0.331 e. The second kappa shape index (κ2) is 8.90. The lowest BCUT2D eigenvalue weighted by atomic mass is 10.2. The minimum absolute atomic E-state index is 0.408. The van der Waals surface area contributed by atoms with E-state index >= 15 is 0 Å². The van der Waals surface area contributed by atoms with Crippen molar-refractivity contribution in [1.29, 1.82) is 0 Å². The van der Waals surface area contributed by atoms with Crippen molar-refractivity contribution in [3.8, 4) is 0 Å². The van der Waals surface area contributed by atoms with Crippen LogP contribution in [0.2, 0.25) is 15.1 Å². The number of halogens is 3. The van der Waals surface area contributed by atoms with Gasteiger partial charge in [-0.3, -0.25) is 4.79 Å². The number of rotatable bonds is 5. The van der Waals surface area contributed by atoms with Gasteiger partial charge in [0, 0.05) is 26.8 Å². The van der Waals surface area contributed by atoms with Crippen molar-refractivity contribution < 1.29 is 14.3 Å². The Morgan fingerprint density at radius 2 is 1.88 bits per heavy atom. The van der Waals surface area contributed by atoms with Gasteiger partial charge < -0.3 is 10.1 Å². The van der Waals surface area contributed by atoms with Crippen LogP contribution in [0.5, 0.6) is 0 Å². The van der Waals surface area contributed by atoms with Crippen LogP contribution in [0.15, 0.2) is 42.5 Å². The molecule has 0 heterocycles. The maximum absolute atomic E-state index is 11.9. The first-order valence-electron chi connectivity index (χ1n) is 7.21. The van der Waals surface area contributed by atoms with Crippen molar-refractivity contribution >= 4 is 58.4 Å². The number of carbonyl (C=O) groups excluding carboxylic acids is 2. The van der Waals surface area contributed by atoms with Crippen molar-refractivity contribution in [1.82, 2.24) is 0 Å². The lowest BCUT2D eigenvalue weighted by Crippen LogP contribution is -2.20. The van der Waals surface area contributed by atoms with E-state index in [1.54, 1.807) is 43.3 Å². The normalized spacial score (nSPS) is 10.7. The average molecular weight is 399 g/mol. The summed E-state index contributed by atoms with van der Waals surface area (Å²) in [4.78, 5) is 23.5. The molecule has 0 spiro atoms. The molecule has 0 aromatic heterocycles. The molecule has 0 aliphatic heterocycles. The zero-order valence-electron chi connectivity index (χ0n) is 13.2. The second-order valence-electron chi connectivity index (χ2n) is 5.07. The molecule has 0 saturated heterocycles. The zero-order valence-corrected chi connectivity index (χ0v) is 15.5. The number of esters is 1. The number of benzene rings is 2. The molecule has 130 valence electrons.